The van der Waals surface area contributed by atoms with Gasteiger partial charge in [0.25, 0.3) is 5.91 Å². The molecule has 1 fully saturated rings. The van der Waals surface area contributed by atoms with Crippen molar-refractivity contribution in [3.05, 3.63) is 35.0 Å². The standard InChI is InChI=1S/C19H27N3O2/c1-13-14(2)21-18-5-4-16(10-17(13)18)19(23)20-11-15-6-7-22(12-15)8-9-24-3/h4-5,10,15,21H,6-9,11-12H2,1-3H3,(H,20,23)/t15-/m1/s1. The summed E-state index contributed by atoms with van der Waals surface area (Å²) in [5, 5.41) is 4.23. The fourth-order valence-corrected chi connectivity index (χ4v) is 3.44. The number of amides is 1. The molecule has 1 aromatic heterocycles. The molecule has 0 unspecified atom stereocenters. The molecule has 1 amide bonds. The first-order valence-corrected chi connectivity index (χ1v) is 8.67. The number of methoxy groups -OCH3 is 1. The van der Waals surface area contributed by atoms with Gasteiger partial charge < -0.3 is 19.9 Å². The molecule has 3 rings (SSSR count). The largest absolute Gasteiger partial charge is 0.383 e. The molecule has 24 heavy (non-hydrogen) atoms. The van der Waals surface area contributed by atoms with E-state index in [1.165, 1.54) is 5.56 Å². The van der Waals surface area contributed by atoms with Crippen LogP contribution in [0.1, 0.15) is 28.0 Å². The minimum atomic E-state index is 0.0190. The van der Waals surface area contributed by atoms with Crippen molar-refractivity contribution in [1.82, 2.24) is 15.2 Å². The number of H-pyrrole nitrogens is 1. The summed E-state index contributed by atoms with van der Waals surface area (Å²) in [6, 6.07) is 5.88. The van der Waals surface area contributed by atoms with Gasteiger partial charge in [-0.25, -0.2) is 0 Å². The number of carbonyl (C=O) groups excluding carboxylic acids is 1. The van der Waals surface area contributed by atoms with Crippen LogP contribution in [0.5, 0.6) is 0 Å². The molecule has 5 nitrogen and oxygen atoms in total. The molecule has 1 saturated heterocycles. The van der Waals surface area contributed by atoms with Gasteiger partial charge in [0.1, 0.15) is 0 Å². The van der Waals surface area contributed by atoms with E-state index in [-0.39, 0.29) is 5.91 Å². The number of fused-ring (bicyclic) bond motifs is 1. The van der Waals surface area contributed by atoms with E-state index < -0.39 is 0 Å². The second kappa shape index (κ2) is 7.36. The number of aromatic nitrogens is 1. The minimum absolute atomic E-state index is 0.0190. The Morgan fingerprint density at radius 2 is 2.25 bits per heavy atom. The fourth-order valence-electron chi connectivity index (χ4n) is 3.44. The highest BCUT2D eigenvalue weighted by atomic mass is 16.5. The van der Waals surface area contributed by atoms with Gasteiger partial charge in [0.05, 0.1) is 6.61 Å². The Labute approximate surface area is 143 Å². The third-order valence-electron chi connectivity index (χ3n) is 5.10. The summed E-state index contributed by atoms with van der Waals surface area (Å²) in [6.07, 6.45) is 1.14. The van der Waals surface area contributed by atoms with Crippen molar-refractivity contribution in [3.63, 3.8) is 0 Å². The van der Waals surface area contributed by atoms with Crippen molar-refractivity contribution in [2.75, 3.05) is 39.9 Å². The first kappa shape index (κ1) is 17.0. The number of aromatic amines is 1. The van der Waals surface area contributed by atoms with Gasteiger partial charge in [-0.1, -0.05) is 0 Å². The Balaban J connectivity index is 1.57. The second-order valence-corrected chi connectivity index (χ2v) is 6.79. The third-order valence-corrected chi connectivity index (χ3v) is 5.10. The average molecular weight is 329 g/mol. The lowest BCUT2D eigenvalue weighted by Gasteiger charge is -2.15. The summed E-state index contributed by atoms with van der Waals surface area (Å²) in [5.41, 5.74) is 4.19. The van der Waals surface area contributed by atoms with Crippen molar-refractivity contribution < 1.29 is 9.53 Å². The van der Waals surface area contributed by atoms with Crippen LogP contribution in [0.15, 0.2) is 18.2 Å². The third kappa shape index (κ3) is 3.62. The molecule has 1 aliphatic heterocycles. The molecule has 1 aliphatic rings. The predicted octanol–water partition coefficient (Wildman–Crippen LogP) is 2.48. The van der Waals surface area contributed by atoms with E-state index in [2.05, 4.69) is 29.0 Å². The number of rotatable bonds is 6. The van der Waals surface area contributed by atoms with Crippen LogP contribution in [0.25, 0.3) is 10.9 Å². The van der Waals surface area contributed by atoms with Gasteiger partial charge >= 0.3 is 0 Å². The van der Waals surface area contributed by atoms with Gasteiger partial charge in [0, 0.05) is 48.9 Å². The Hall–Kier alpha value is -1.85. The summed E-state index contributed by atoms with van der Waals surface area (Å²) in [6.45, 7) is 8.77. The molecule has 0 spiro atoms. The van der Waals surface area contributed by atoms with Gasteiger partial charge in [-0.05, 0) is 56.5 Å². The quantitative estimate of drug-likeness (QED) is 0.856. The summed E-state index contributed by atoms with van der Waals surface area (Å²) < 4.78 is 5.13. The number of carbonyl (C=O) groups is 1. The van der Waals surface area contributed by atoms with Gasteiger partial charge in [0.15, 0.2) is 0 Å². The van der Waals surface area contributed by atoms with Gasteiger partial charge in [0.2, 0.25) is 0 Å². The number of likely N-dealkylation sites (tertiary alicyclic amines) is 1. The van der Waals surface area contributed by atoms with Crippen LogP contribution in [0.2, 0.25) is 0 Å². The molecular weight excluding hydrogens is 302 g/mol. The molecule has 1 aromatic carbocycles. The van der Waals surface area contributed by atoms with Crippen LogP contribution < -0.4 is 5.32 Å². The topological polar surface area (TPSA) is 57.4 Å². The molecule has 2 heterocycles. The SMILES string of the molecule is COCCN1CC[C@H](CNC(=O)c2ccc3[nH]c(C)c(C)c3c2)C1. The first-order chi connectivity index (χ1) is 11.6. The van der Waals surface area contributed by atoms with Crippen molar-refractivity contribution in [2.45, 2.75) is 20.3 Å². The highest BCUT2D eigenvalue weighted by molar-refractivity contribution is 5.99. The maximum absolute atomic E-state index is 12.5. The number of nitrogens with one attached hydrogen (secondary N) is 2. The van der Waals surface area contributed by atoms with Gasteiger partial charge in [-0.3, -0.25) is 4.79 Å². The maximum Gasteiger partial charge on any atom is 0.251 e. The van der Waals surface area contributed by atoms with E-state index >= 15 is 0 Å². The van der Waals surface area contributed by atoms with Crippen LogP contribution in [0, 0.1) is 19.8 Å². The Kier molecular flexibility index (Phi) is 5.21. The number of ether oxygens (including phenoxy) is 1. The smallest absolute Gasteiger partial charge is 0.251 e. The van der Waals surface area contributed by atoms with Crippen molar-refractivity contribution >= 4 is 16.8 Å². The van der Waals surface area contributed by atoms with Crippen LogP contribution in [-0.4, -0.2) is 55.7 Å². The lowest BCUT2D eigenvalue weighted by Crippen LogP contribution is -2.31. The first-order valence-electron chi connectivity index (χ1n) is 8.67. The van der Waals surface area contributed by atoms with Crippen LogP contribution in [0.4, 0.5) is 0 Å². The molecule has 130 valence electrons. The Morgan fingerprint density at radius 3 is 3.04 bits per heavy atom. The van der Waals surface area contributed by atoms with Crippen molar-refractivity contribution in [3.8, 4) is 0 Å². The summed E-state index contributed by atoms with van der Waals surface area (Å²) in [4.78, 5) is 18.2. The van der Waals surface area contributed by atoms with E-state index in [0.717, 1.165) is 61.4 Å². The maximum atomic E-state index is 12.5. The van der Waals surface area contributed by atoms with E-state index in [1.807, 2.05) is 18.2 Å². The van der Waals surface area contributed by atoms with Crippen LogP contribution in [-0.2, 0) is 4.74 Å². The number of hydrogen-bond donors (Lipinski definition) is 2. The normalized spacial score (nSPS) is 18.4. The van der Waals surface area contributed by atoms with Gasteiger partial charge in [-0.15, -0.1) is 0 Å². The summed E-state index contributed by atoms with van der Waals surface area (Å²) in [7, 11) is 1.73. The predicted molar refractivity (Wildman–Crippen MR) is 96.5 cm³/mol. The van der Waals surface area contributed by atoms with E-state index in [0.29, 0.717) is 5.92 Å². The minimum Gasteiger partial charge on any atom is -0.383 e. The van der Waals surface area contributed by atoms with E-state index in [1.54, 1.807) is 7.11 Å². The molecule has 0 radical (unpaired) electrons. The Bertz CT molecular complexity index is 723. The number of hydrogen-bond acceptors (Lipinski definition) is 3. The van der Waals surface area contributed by atoms with Gasteiger partial charge in [-0.2, -0.15) is 0 Å². The molecule has 1 atom stereocenters. The molecule has 5 heteroatoms. The number of aryl methyl sites for hydroxylation is 2. The lowest BCUT2D eigenvalue weighted by molar-refractivity contribution is 0.0947. The van der Waals surface area contributed by atoms with Crippen LogP contribution in [0.3, 0.4) is 0 Å². The highest BCUT2D eigenvalue weighted by Crippen LogP contribution is 2.22. The van der Waals surface area contributed by atoms with Crippen molar-refractivity contribution in [2.24, 2.45) is 5.92 Å². The summed E-state index contributed by atoms with van der Waals surface area (Å²) in [5.74, 6) is 0.552. The number of nitrogens with zero attached hydrogens (tertiary/aromatic N) is 1. The molecule has 0 bridgehead atoms. The zero-order chi connectivity index (χ0) is 17.1. The zero-order valence-corrected chi connectivity index (χ0v) is 14.8. The van der Waals surface area contributed by atoms with E-state index in [4.69, 9.17) is 4.74 Å². The highest BCUT2D eigenvalue weighted by Gasteiger charge is 2.22. The zero-order valence-electron chi connectivity index (χ0n) is 14.8. The van der Waals surface area contributed by atoms with Crippen LogP contribution >= 0.6 is 0 Å². The molecule has 2 aromatic rings. The lowest BCUT2D eigenvalue weighted by atomic mass is 10.1. The van der Waals surface area contributed by atoms with E-state index in [9.17, 15) is 4.79 Å². The Morgan fingerprint density at radius 1 is 1.42 bits per heavy atom. The fraction of sp³-hybridized carbons (Fsp3) is 0.526. The molecule has 2 N–H and O–H groups in total. The molecule has 0 aliphatic carbocycles. The van der Waals surface area contributed by atoms with Crippen molar-refractivity contribution in [1.29, 1.82) is 0 Å². The summed E-state index contributed by atoms with van der Waals surface area (Å²) >= 11 is 0. The average Bonchev–Trinajstić information content (AvgIpc) is 3.15. The monoisotopic (exact) mass is 329 g/mol. The number of benzene rings is 1. The molecule has 0 saturated carbocycles. The second-order valence-electron chi connectivity index (χ2n) is 6.79. The molecular formula is C19H27N3O2.